The molecule has 3 aromatic carbocycles. The van der Waals surface area contributed by atoms with Crippen LogP contribution in [-0.2, 0) is 22.3 Å². The first kappa shape index (κ1) is 32.8. The topological polar surface area (TPSA) is 51.7 Å². The van der Waals surface area contributed by atoms with Gasteiger partial charge in [-0.2, -0.15) is 13.2 Å². The second-order valence-electron chi connectivity index (χ2n) is 11.4. The van der Waals surface area contributed by atoms with E-state index < -0.39 is 11.7 Å². The van der Waals surface area contributed by atoms with Crippen LogP contribution in [0.25, 0.3) is 22.4 Å². The summed E-state index contributed by atoms with van der Waals surface area (Å²) in [6.45, 7) is 9.40. The van der Waals surface area contributed by atoms with Gasteiger partial charge in [0.25, 0.3) is 0 Å². The highest BCUT2D eigenvalue weighted by molar-refractivity contribution is 7.14. The average molecular weight is 657 g/mol. The molecule has 0 amide bonds. The zero-order chi connectivity index (χ0) is 32.3. The highest BCUT2D eigenvalue weighted by Crippen LogP contribution is 2.39. The van der Waals surface area contributed by atoms with E-state index in [0.717, 1.165) is 76.6 Å². The zero-order valence-electron chi connectivity index (χ0n) is 25.7. The maximum Gasteiger partial charge on any atom is 0.416 e. The Morgan fingerprint density at radius 3 is 2.56 bits per heavy atom. The lowest BCUT2D eigenvalue weighted by molar-refractivity contribution is -0.149. The third kappa shape index (κ3) is 7.47. The number of esters is 1. The number of benzene rings is 3. The molecular formula is C35H36ClF3N2O3S. The number of aromatic nitrogens is 1. The molecule has 0 bridgehead atoms. The van der Waals surface area contributed by atoms with Crippen LogP contribution in [0.2, 0.25) is 5.02 Å². The molecule has 5 rings (SSSR count). The van der Waals surface area contributed by atoms with Gasteiger partial charge in [-0.25, -0.2) is 4.98 Å². The van der Waals surface area contributed by atoms with E-state index in [-0.39, 0.29) is 23.0 Å². The summed E-state index contributed by atoms with van der Waals surface area (Å²) in [5, 5.41) is 3.03. The van der Waals surface area contributed by atoms with E-state index in [2.05, 4.69) is 23.3 Å². The minimum absolute atomic E-state index is 0.0498. The normalized spacial score (nSPS) is 16.9. The number of carbonyl (C=O) groups excluding carboxylic acids is 1. The Bertz CT molecular complexity index is 1670. The second-order valence-corrected chi connectivity index (χ2v) is 12.6. The van der Waals surface area contributed by atoms with E-state index in [1.807, 2.05) is 51.1 Å². The fourth-order valence-electron chi connectivity index (χ4n) is 5.76. The Morgan fingerprint density at radius 1 is 1.07 bits per heavy atom. The number of rotatable bonds is 9. The van der Waals surface area contributed by atoms with E-state index in [9.17, 15) is 18.0 Å². The molecule has 2 atom stereocenters. The molecule has 1 aliphatic heterocycles. The summed E-state index contributed by atoms with van der Waals surface area (Å²) in [5.74, 6) is 0.525. The summed E-state index contributed by atoms with van der Waals surface area (Å²) in [6.07, 6.45) is -2.04. The molecule has 4 aromatic rings. The van der Waals surface area contributed by atoms with Crippen molar-refractivity contribution in [1.82, 2.24) is 4.98 Å². The van der Waals surface area contributed by atoms with Crippen molar-refractivity contribution in [3.05, 3.63) is 87.3 Å². The monoisotopic (exact) mass is 656 g/mol. The van der Waals surface area contributed by atoms with Crippen molar-refractivity contribution in [1.29, 1.82) is 0 Å². The molecular weight excluding hydrogens is 621 g/mol. The lowest BCUT2D eigenvalue weighted by Crippen LogP contribution is -2.44. The summed E-state index contributed by atoms with van der Waals surface area (Å²) in [7, 11) is 0. The van der Waals surface area contributed by atoms with Gasteiger partial charge in [0, 0.05) is 34.1 Å². The molecule has 45 heavy (non-hydrogen) atoms. The molecule has 0 aliphatic carbocycles. The van der Waals surface area contributed by atoms with Crippen molar-refractivity contribution in [3.8, 4) is 28.1 Å². The molecule has 238 valence electrons. The van der Waals surface area contributed by atoms with Crippen molar-refractivity contribution in [3.63, 3.8) is 0 Å². The summed E-state index contributed by atoms with van der Waals surface area (Å²) in [4.78, 5) is 19.7. The molecule has 2 heterocycles. The number of nitrogens with zero attached hydrogens (tertiary/aromatic N) is 2. The van der Waals surface area contributed by atoms with Gasteiger partial charge in [0.1, 0.15) is 12.4 Å². The first-order valence-electron chi connectivity index (χ1n) is 15.1. The Labute approximate surface area is 271 Å². The third-order valence-electron chi connectivity index (χ3n) is 8.29. The number of thiazole rings is 1. The van der Waals surface area contributed by atoms with Crippen LogP contribution in [0.5, 0.6) is 5.75 Å². The number of piperidine rings is 1. The number of aryl methyl sites for hydroxylation is 2. The first-order valence-corrected chi connectivity index (χ1v) is 16.3. The quantitative estimate of drug-likeness (QED) is 0.168. The molecule has 5 nitrogen and oxygen atoms in total. The van der Waals surface area contributed by atoms with Gasteiger partial charge in [-0.1, -0.05) is 54.4 Å². The van der Waals surface area contributed by atoms with Gasteiger partial charge < -0.3 is 14.4 Å². The SMILES string of the molecule is CCOC(=O)C1CCN(c2nc(-c3cc(C)ccc3OCc3ccc(-c4ccc(C(F)(F)F)cc4Cl)cc3C)cs2)C(CC)C1. The van der Waals surface area contributed by atoms with Crippen LogP contribution in [0, 0.1) is 19.8 Å². The van der Waals surface area contributed by atoms with Gasteiger partial charge in [0.2, 0.25) is 0 Å². The second kappa shape index (κ2) is 13.8. The van der Waals surface area contributed by atoms with Gasteiger partial charge in [0.05, 0.1) is 23.8 Å². The highest BCUT2D eigenvalue weighted by Gasteiger charge is 2.34. The Balaban J connectivity index is 1.32. The molecule has 1 aliphatic rings. The predicted molar refractivity (Wildman–Crippen MR) is 174 cm³/mol. The van der Waals surface area contributed by atoms with Gasteiger partial charge in [-0.05, 0) is 81.0 Å². The Hall–Kier alpha value is -3.56. The standard InChI is InChI=1S/C35H36ClF3N2O3S/c1-5-27-17-24(33(42)43-6-2)13-14-41(27)34-40-31(20-45-34)29-15-21(3)7-12-32(29)44-19-25-9-8-23(16-22(25)4)28-11-10-26(18-30(28)36)35(37,38)39/h7-12,15-16,18,20,24,27H,5-6,13-14,17,19H2,1-4H3. The largest absolute Gasteiger partial charge is 0.488 e. The van der Waals surface area contributed by atoms with Crippen LogP contribution in [0.15, 0.2) is 60.0 Å². The van der Waals surface area contributed by atoms with E-state index >= 15 is 0 Å². The van der Waals surface area contributed by atoms with Crippen LogP contribution in [0.1, 0.15) is 55.4 Å². The molecule has 1 saturated heterocycles. The van der Waals surface area contributed by atoms with Crippen molar-refractivity contribution >= 4 is 34.0 Å². The lowest BCUT2D eigenvalue weighted by atomic mass is 9.90. The fourth-order valence-corrected chi connectivity index (χ4v) is 6.97. The number of carbonyl (C=O) groups is 1. The number of hydrogen-bond donors (Lipinski definition) is 0. The number of hydrogen-bond acceptors (Lipinski definition) is 6. The predicted octanol–water partition coefficient (Wildman–Crippen LogP) is 9.90. The van der Waals surface area contributed by atoms with Crippen LogP contribution in [0.4, 0.5) is 18.3 Å². The number of anilines is 1. The zero-order valence-corrected chi connectivity index (χ0v) is 27.3. The summed E-state index contributed by atoms with van der Waals surface area (Å²) >= 11 is 7.83. The minimum Gasteiger partial charge on any atom is -0.488 e. The average Bonchev–Trinajstić information content (AvgIpc) is 3.50. The minimum atomic E-state index is -4.45. The molecule has 0 radical (unpaired) electrons. The molecule has 2 unspecified atom stereocenters. The van der Waals surface area contributed by atoms with Crippen LogP contribution < -0.4 is 9.64 Å². The van der Waals surface area contributed by atoms with Crippen LogP contribution in [-0.4, -0.2) is 30.1 Å². The number of alkyl halides is 3. The maximum absolute atomic E-state index is 13.1. The van der Waals surface area contributed by atoms with Gasteiger partial charge in [0.15, 0.2) is 5.13 Å². The molecule has 0 N–H and O–H groups in total. The van der Waals surface area contributed by atoms with Gasteiger partial charge in [-0.15, -0.1) is 11.3 Å². The summed E-state index contributed by atoms with van der Waals surface area (Å²) in [5.41, 5.74) is 5.20. The van der Waals surface area contributed by atoms with E-state index in [4.69, 9.17) is 26.1 Å². The Kier molecular flexibility index (Phi) is 10.1. The van der Waals surface area contributed by atoms with Crippen LogP contribution >= 0.6 is 22.9 Å². The fraction of sp³-hybridized carbons (Fsp3) is 0.371. The molecule has 1 aromatic heterocycles. The van der Waals surface area contributed by atoms with Crippen molar-refractivity contribution in [2.45, 2.75) is 65.8 Å². The van der Waals surface area contributed by atoms with Crippen molar-refractivity contribution in [2.24, 2.45) is 5.92 Å². The number of ether oxygens (including phenoxy) is 2. The third-order valence-corrected chi connectivity index (χ3v) is 9.48. The van der Waals surface area contributed by atoms with E-state index in [1.54, 1.807) is 11.3 Å². The highest BCUT2D eigenvalue weighted by atomic mass is 35.5. The smallest absolute Gasteiger partial charge is 0.416 e. The molecule has 10 heteroatoms. The summed E-state index contributed by atoms with van der Waals surface area (Å²) in [6, 6.07) is 15.3. The molecule has 0 saturated carbocycles. The summed E-state index contributed by atoms with van der Waals surface area (Å²) < 4.78 is 50.9. The maximum atomic E-state index is 13.1. The molecule has 1 fully saturated rings. The van der Waals surface area contributed by atoms with Gasteiger partial charge in [-0.3, -0.25) is 4.79 Å². The van der Waals surface area contributed by atoms with Crippen molar-refractivity contribution < 1.29 is 27.4 Å². The van der Waals surface area contributed by atoms with E-state index in [1.165, 1.54) is 6.07 Å². The number of halogens is 4. The first-order chi connectivity index (χ1) is 21.5. The van der Waals surface area contributed by atoms with Gasteiger partial charge >= 0.3 is 12.1 Å². The Morgan fingerprint density at radius 2 is 1.87 bits per heavy atom. The van der Waals surface area contributed by atoms with Crippen LogP contribution in [0.3, 0.4) is 0 Å². The van der Waals surface area contributed by atoms with E-state index in [0.29, 0.717) is 24.5 Å². The lowest BCUT2D eigenvalue weighted by Gasteiger charge is -2.38. The van der Waals surface area contributed by atoms with Crippen molar-refractivity contribution in [2.75, 3.05) is 18.1 Å². The molecule has 0 spiro atoms.